The highest BCUT2D eigenvalue weighted by Crippen LogP contribution is 2.22. The number of carbonyl (C=O) groups excluding carboxylic acids is 1. The van der Waals surface area contributed by atoms with E-state index in [1.807, 2.05) is 69.3 Å². The van der Waals surface area contributed by atoms with Gasteiger partial charge in [-0.25, -0.2) is 0 Å². The van der Waals surface area contributed by atoms with Gasteiger partial charge in [0.15, 0.2) is 0 Å². The number of hydrogen-bond acceptors (Lipinski definition) is 4. The fourth-order valence-electron chi connectivity index (χ4n) is 2.79. The van der Waals surface area contributed by atoms with Crippen LogP contribution in [0.2, 0.25) is 0 Å². The Morgan fingerprint density at radius 3 is 2.37 bits per heavy atom. The van der Waals surface area contributed by atoms with E-state index < -0.39 is 0 Å². The van der Waals surface area contributed by atoms with Gasteiger partial charge in [0.2, 0.25) is 0 Å². The Morgan fingerprint density at radius 2 is 1.70 bits per heavy atom. The molecule has 0 aliphatic heterocycles. The normalized spacial score (nSPS) is 10.3. The molecule has 0 aliphatic carbocycles. The Hall–Kier alpha value is -3.34. The van der Waals surface area contributed by atoms with Gasteiger partial charge >= 0.3 is 0 Å². The van der Waals surface area contributed by atoms with Crippen molar-refractivity contribution in [2.24, 2.45) is 0 Å². The van der Waals surface area contributed by atoms with Gasteiger partial charge in [-0.3, -0.25) is 9.78 Å². The van der Waals surface area contributed by atoms with Crippen LogP contribution in [0.4, 0.5) is 17.1 Å². The minimum absolute atomic E-state index is 0.234. The topological polar surface area (TPSA) is 63.2 Å². The number of anilines is 3. The van der Waals surface area contributed by atoms with Crippen LogP contribution in [0.25, 0.3) is 0 Å². The molecule has 3 rings (SSSR count). The highest BCUT2D eigenvalue weighted by molar-refractivity contribution is 6.04. The second kappa shape index (κ2) is 8.36. The molecule has 2 N–H and O–H groups in total. The van der Waals surface area contributed by atoms with Crippen molar-refractivity contribution in [3.05, 3.63) is 77.6 Å². The van der Waals surface area contributed by atoms with E-state index in [1.165, 1.54) is 0 Å². The molecule has 3 aromatic rings. The second-order valence-electron chi connectivity index (χ2n) is 6.23. The number of carbonyl (C=O) groups is 1. The molecule has 138 valence electrons. The molecule has 5 nitrogen and oxygen atoms in total. The van der Waals surface area contributed by atoms with Crippen molar-refractivity contribution in [1.82, 2.24) is 4.98 Å². The summed E-state index contributed by atoms with van der Waals surface area (Å²) in [4.78, 5) is 16.8. The number of aryl methyl sites for hydroxylation is 2. The molecule has 1 amide bonds. The summed E-state index contributed by atoms with van der Waals surface area (Å²) in [5, 5.41) is 6.24. The lowest BCUT2D eigenvalue weighted by atomic mass is 10.1. The first-order valence-electron chi connectivity index (χ1n) is 8.90. The lowest BCUT2D eigenvalue weighted by Gasteiger charge is -2.12. The van der Waals surface area contributed by atoms with Crippen LogP contribution < -0.4 is 15.4 Å². The number of aromatic nitrogens is 1. The van der Waals surface area contributed by atoms with E-state index in [1.54, 1.807) is 12.3 Å². The molecule has 0 fully saturated rings. The summed E-state index contributed by atoms with van der Waals surface area (Å²) in [5.74, 6) is 0.592. The van der Waals surface area contributed by atoms with Gasteiger partial charge in [-0.15, -0.1) is 0 Å². The third-order valence-corrected chi connectivity index (χ3v) is 4.17. The zero-order valence-electron chi connectivity index (χ0n) is 15.7. The van der Waals surface area contributed by atoms with Crippen LogP contribution in [-0.4, -0.2) is 17.5 Å². The molecular weight excluding hydrogens is 338 g/mol. The van der Waals surface area contributed by atoms with Gasteiger partial charge in [0, 0.05) is 23.3 Å². The summed E-state index contributed by atoms with van der Waals surface area (Å²) < 4.78 is 5.45. The SMILES string of the molecule is CCOc1ccc(Nc2ccnc(C(=O)Nc3c(C)cccc3C)c2)cc1. The Kier molecular flexibility index (Phi) is 5.71. The highest BCUT2D eigenvalue weighted by atomic mass is 16.5. The van der Waals surface area contributed by atoms with Crippen molar-refractivity contribution < 1.29 is 9.53 Å². The lowest BCUT2D eigenvalue weighted by molar-refractivity contribution is 0.102. The van der Waals surface area contributed by atoms with Crippen LogP contribution in [-0.2, 0) is 0 Å². The van der Waals surface area contributed by atoms with E-state index >= 15 is 0 Å². The first-order chi connectivity index (χ1) is 13.1. The van der Waals surface area contributed by atoms with Gasteiger partial charge in [-0.2, -0.15) is 0 Å². The van der Waals surface area contributed by atoms with E-state index in [9.17, 15) is 4.79 Å². The number of nitrogens with zero attached hydrogens (tertiary/aromatic N) is 1. The summed E-state index contributed by atoms with van der Waals surface area (Å²) in [6, 6.07) is 17.2. The van der Waals surface area contributed by atoms with Crippen LogP contribution in [0.3, 0.4) is 0 Å². The van der Waals surface area contributed by atoms with Crippen LogP contribution in [0, 0.1) is 13.8 Å². The number of pyridine rings is 1. The number of nitrogens with one attached hydrogen (secondary N) is 2. The van der Waals surface area contributed by atoms with Crippen molar-refractivity contribution in [3.8, 4) is 5.75 Å². The maximum absolute atomic E-state index is 12.6. The fourth-order valence-corrected chi connectivity index (χ4v) is 2.79. The first-order valence-corrected chi connectivity index (χ1v) is 8.90. The minimum atomic E-state index is -0.234. The van der Waals surface area contributed by atoms with Crippen molar-refractivity contribution in [1.29, 1.82) is 0 Å². The Labute approximate surface area is 159 Å². The number of hydrogen-bond donors (Lipinski definition) is 2. The van der Waals surface area contributed by atoms with Crippen LogP contribution >= 0.6 is 0 Å². The lowest BCUT2D eigenvalue weighted by Crippen LogP contribution is -2.15. The quantitative estimate of drug-likeness (QED) is 0.642. The molecule has 0 unspecified atom stereocenters. The largest absolute Gasteiger partial charge is 0.494 e. The van der Waals surface area contributed by atoms with Crippen LogP contribution in [0.1, 0.15) is 28.5 Å². The molecule has 0 spiro atoms. The van der Waals surface area contributed by atoms with E-state index in [0.717, 1.165) is 33.9 Å². The monoisotopic (exact) mass is 361 g/mol. The number of para-hydroxylation sites is 1. The molecule has 0 bridgehead atoms. The van der Waals surface area contributed by atoms with Gasteiger partial charge in [-0.1, -0.05) is 18.2 Å². The van der Waals surface area contributed by atoms with Gasteiger partial charge in [0.25, 0.3) is 5.91 Å². The highest BCUT2D eigenvalue weighted by Gasteiger charge is 2.11. The third-order valence-electron chi connectivity index (χ3n) is 4.17. The van der Waals surface area contributed by atoms with E-state index in [4.69, 9.17) is 4.74 Å². The first kappa shape index (κ1) is 18.5. The molecule has 1 heterocycles. The molecule has 27 heavy (non-hydrogen) atoms. The van der Waals surface area contributed by atoms with E-state index in [-0.39, 0.29) is 5.91 Å². The molecule has 1 aromatic heterocycles. The minimum Gasteiger partial charge on any atom is -0.494 e. The van der Waals surface area contributed by atoms with Crippen molar-refractivity contribution in [2.45, 2.75) is 20.8 Å². The van der Waals surface area contributed by atoms with Crippen molar-refractivity contribution >= 4 is 23.0 Å². The number of rotatable bonds is 6. The Balaban J connectivity index is 1.74. The zero-order valence-corrected chi connectivity index (χ0v) is 15.7. The molecule has 0 atom stereocenters. The molecule has 0 saturated heterocycles. The summed E-state index contributed by atoms with van der Waals surface area (Å²) in [6.07, 6.45) is 1.62. The average molecular weight is 361 g/mol. The molecule has 0 radical (unpaired) electrons. The number of amides is 1. The van der Waals surface area contributed by atoms with E-state index in [2.05, 4.69) is 15.6 Å². The average Bonchev–Trinajstić information content (AvgIpc) is 2.67. The zero-order chi connectivity index (χ0) is 19.2. The van der Waals surface area contributed by atoms with Crippen LogP contribution in [0.15, 0.2) is 60.8 Å². The molecular formula is C22H23N3O2. The van der Waals surface area contributed by atoms with Crippen molar-refractivity contribution in [3.63, 3.8) is 0 Å². The number of ether oxygens (including phenoxy) is 1. The molecule has 0 aliphatic rings. The number of benzene rings is 2. The molecule has 2 aromatic carbocycles. The predicted octanol–water partition coefficient (Wildman–Crippen LogP) is 5.09. The van der Waals surface area contributed by atoms with Crippen LogP contribution in [0.5, 0.6) is 5.75 Å². The van der Waals surface area contributed by atoms with Gasteiger partial charge in [-0.05, 0) is 68.3 Å². The van der Waals surface area contributed by atoms with Gasteiger partial charge in [0.05, 0.1) is 6.61 Å². The maximum Gasteiger partial charge on any atom is 0.274 e. The van der Waals surface area contributed by atoms with Gasteiger partial charge < -0.3 is 15.4 Å². The summed E-state index contributed by atoms with van der Waals surface area (Å²) >= 11 is 0. The van der Waals surface area contributed by atoms with Gasteiger partial charge in [0.1, 0.15) is 11.4 Å². The predicted molar refractivity (Wildman–Crippen MR) is 109 cm³/mol. The third kappa shape index (κ3) is 4.64. The second-order valence-corrected chi connectivity index (χ2v) is 6.23. The summed E-state index contributed by atoms with van der Waals surface area (Å²) in [5.41, 5.74) is 4.92. The standard InChI is InChI=1S/C22H23N3O2/c1-4-27-19-10-8-17(9-11-19)24-18-12-13-23-20(14-18)22(26)25-21-15(2)6-5-7-16(21)3/h5-14H,4H2,1-3H3,(H,23,24)(H,25,26). The maximum atomic E-state index is 12.6. The Morgan fingerprint density at radius 1 is 1.00 bits per heavy atom. The fraction of sp³-hybridized carbons (Fsp3) is 0.182. The van der Waals surface area contributed by atoms with E-state index in [0.29, 0.717) is 12.3 Å². The smallest absolute Gasteiger partial charge is 0.274 e. The Bertz CT molecular complexity index is 916. The summed E-state index contributed by atoms with van der Waals surface area (Å²) in [7, 11) is 0. The summed E-state index contributed by atoms with van der Waals surface area (Å²) in [6.45, 7) is 6.53. The molecule has 0 saturated carbocycles. The van der Waals surface area contributed by atoms with Crippen molar-refractivity contribution in [2.75, 3.05) is 17.2 Å². The molecule has 5 heteroatoms.